The molecular weight excluding hydrogens is 382 g/mol. The van der Waals surface area contributed by atoms with Crippen LogP contribution in [0, 0.1) is 0 Å². The van der Waals surface area contributed by atoms with Crippen LogP contribution in [-0.4, -0.2) is 41.5 Å². The number of hydrogen-bond donors (Lipinski definition) is 0. The van der Waals surface area contributed by atoms with Crippen LogP contribution >= 0.6 is 0 Å². The minimum atomic E-state index is -0.336. The van der Waals surface area contributed by atoms with Gasteiger partial charge in [-0.25, -0.2) is 5.01 Å². The molecule has 1 spiro atoms. The number of ether oxygens (including phenoxy) is 1. The van der Waals surface area contributed by atoms with E-state index in [0.717, 1.165) is 43.8 Å². The van der Waals surface area contributed by atoms with Crippen LogP contribution < -0.4 is 4.74 Å². The molecule has 3 aromatic carbocycles. The van der Waals surface area contributed by atoms with Gasteiger partial charge in [-0.2, -0.15) is 5.10 Å². The van der Waals surface area contributed by atoms with Crippen molar-refractivity contribution in [3.8, 4) is 16.9 Å². The van der Waals surface area contributed by atoms with Crippen molar-refractivity contribution in [1.29, 1.82) is 0 Å². The Hall–Kier alpha value is -3.11. The molecule has 3 heterocycles. The van der Waals surface area contributed by atoms with E-state index in [1.54, 1.807) is 0 Å². The zero-order valence-electron chi connectivity index (χ0n) is 17.9. The number of piperidine rings is 1. The van der Waals surface area contributed by atoms with Gasteiger partial charge in [0, 0.05) is 37.9 Å². The minimum absolute atomic E-state index is 0.247. The summed E-state index contributed by atoms with van der Waals surface area (Å²) in [6, 6.07) is 28.1. The number of hydrazone groups is 1. The fraction of sp³-hybridized carbons (Fsp3) is 0.296. The Morgan fingerprint density at radius 2 is 1.45 bits per heavy atom. The molecule has 0 radical (unpaired) electrons. The molecule has 4 heteroatoms. The Balaban J connectivity index is 1.35. The molecule has 156 valence electrons. The predicted molar refractivity (Wildman–Crippen MR) is 124 cm³/mol. The van der Waals surface area contributed by atoms with Gasteiger partial charge >= 0.3 is 0 Å². The molecule has 3 aliphatic rings. The number of hydrogen-bond acceptors (Lipinski definition) is 4. The standard InChI is InChI=1S/C27H27N3O/c1-29-17-15-27(16-18-29)30-25(23-9-5-6-10-26(23)31-27)19-24(28-30)22-13-11-21(12-14-22)20-7-3-2-4-8-20/h2-14,25H,15-19H2,1H3. The third-order valence-electron chi connectivity index (χ3n) is 7.00. The molecule has 1 saturated heterocycles. The SMILES string of the molecule is CN1CCC2(CC1)Oc1ccccc1C1CC(c3ccc(-c4ccccc4)cc3)=NN12. The third-order valence-corrected chi connectivity index (χ3v) is 7.00. The van der Waals surface area contributed by atoms with Crippen LogP contribution in [0.1, 0.15) is 36.4 Å². The largest absolute Gasteiger partial charge is 0.466 e. The highest BCUT2D eigenvalue weighted by Gasteiger charge is 2.51. The van der Waals surface area contributed by atoms with E-state index in [1.165, 1.54) is 22.3 Å². The number of benzene rings is 3. The molecule has 0 aliphatic carbocycles. The zero-order chi connectivity index (χ0) is 20.8. The first-order valence-corrected chi connectivity index (χ1v) is 11.2. The van der Waals surface area contributed by atoms with Crippen LogP contribution in [0.5, 0.6) is 5.75 Å². The Kier molecular flexibility index (Phi) is 4.35. The predicted octanol–water partition coefficient (Wildman–Crippen LogP) is 5.32. The van der Waals surface area contributed by atoms with E-state index >= 15 is 0 Å². The van der Waals surface area contributed by atoms with Gasteiger partial charge < -0.3 is 9.64 Å². The molecule has 0 saturated carbocycles. The van der Waals surface area contributed by atoms with Crippen molar-refractivity contribution in [3.63, 3.8) is 0 Å². The second-order valence-corrected chi connectivity index (χ2v) is 8.94. The molecule has 3 aromatic rings. The first-order chi connectivity index (χ1) is 15.2. The first kappa shape index (κ1) is 18.6. The average molecular weight is 410 g/mol. The third kappa shape index (κ3) is 3.14. The lowest BCUT2D eigenvalue weighted by molar-refractivity contribution is -0.147. The summed E-state index contributed by atoms with van der Waals surface area (Å²) in [4.78, 5) is 2.38. The molecule has 0 amide bonds. The summed E-state index contributed by atoms with van der Waals surface area (Å²) in [7, 11) is 2.19. The fourth-order valence-corrected chi connectivity index (χ4v) is 5.19. The fourth-order valence-electron chi connectivity index (χ4n) is 5.19. The van der Waals surface area contributed by atoms with Crippen LogP contribution in [0.15, 0.2) is 84.0 Å². The van der Waals surface area contributed by atoms with E-state index in [9.17, 15) is 0 Å². The minimum Gasteiger partial charge on any atom is -0.466 e. The van der Waals surface area contributed by atoms with Gasteiger partial charge in [0.05, 0.1) is 11.8 Å². The molecule has 31 heavy (non-hydrogen) atoms. The van der Waals surface area contributed by atoms with Crippen LogP contribution in [0.25, 0.3) is 11.1 Å². The smallest absolute Gasteiger partial charge is 0.200 e. The molecule has 0 bridgehead atoms. The number of para-hydroxylation sites is 1. The van der Waals surface area contributed by atoms with Gasteiger partial charge in [-0.15, -0.1) is 0 Å². The quantitative estimate of drug-likeness (QED) is 0.573. The van der Waals surface area contributed by atoms with E-state index < -0.39 is 0 Å². The first-order valence-electron chi connectivity index (χ1n) is 11.2. The lowest BCUT2D eigenvalue weighted by Gasteiger charge is -2.50. The molecule has 3 aliphatic heterocycles. The summed E-state index contributed by atoms with van der Waals surface area (Å²) in [5, 5.41) is 7.48. The van der Waals surface area contributed by atoms with E-state index in [1.807, 2.05) is 0 Å². The van der Waals surface area contributed by atoms with Crippen LogP contribution in [0.2, 0.25) is 0 Å². The Morgan fingerprint density at radius 3 is 2.23 bits per heavy atom. The lowest BCUT2D eigenvalue weighted by atomic mass is 9.90. The summed E-state index contributed by atoms with van der Waals surface area (Å²) in [6.07, 6.45) is 2.86. The maximum absolute atomic E-state index is 6.68. The monoisotopic (exact) mass is 409 g/mol. The van der Waals surface area contributed by atoms with E-state index in [4.69, 9.17) is 9.84 Å². The van der Waals surface area contributed by atoms with E-state index in [2.05, 4.69) is 95.8 Å². The highest BCUT2D eigenvalue weighted by Crippen LogP contribution is 2.49. The normalized spacial score (nSPS) is 21.9. The van der Waals surface area contributed by atoms with Gasteiger partial charge in [0.15, 0.2) is 0 Å². The highest BCUT2D eigenvalue weighted by atomic mass is 16.5. The lowest BCUT2D eigenvalue weighted by Crippen LogP contribution is -2.58. The van der Waals surface area contributed by atoms with Crippen molar-refractivity contribution in [1.82, 2.24) is 9.91 Å². The van der Waals surface area contributed by atoms with Crippen molar-refractivity contribution < 1.29 is 4.74 Å². The Bertz CT molecular complexity index is 1110. The van der Waals surface area contributed by atoms with Crippen molar-refractivity contribution >= 4 is 5.71 Å². The number of rotatable bonds is 2. The van der Waals surface area contributed by atoms with Gasteiger partial charge in [0.25, 0.3) is 0 Å². The zero-order valence-corrected chi connectivity index (χ0v) is 17.9. The summed E-state index contributed by atoms with van der Waals surface area (Å²) < 4.78 is 6.68. The summed E-state index contributed by atoms with van der Waals surface area (Å²) >= 11 is 0. The number of nitrogens with zero attached hydrogens (tertiary/aromatic N) is 3. The molecule has 6 rings (SSSR count). The van der Waals surface area contributed by atoms with Crippen LogP contribution in [0.3, 0.4) is 0 Å². The number of likely N-dealkylation sites (tertiary alicyclic amines) is 1. The van der Waals surface area contributed by atoms with Crippen molar-refractivity contribution in [2.45, 2.75) is 31.0 Å². The molecule has 1 fully saturated rings. The topological polar surface area (TPSA) is 28.1 Å². The van der Waals surface area contributed by atoms with Crippen molar-refractivity contribution in [3.05, 3.63) is 90.0 Å². The van der Waals surface area contributed by atoms with E-state index in [-0.39, 0.29) is 11.8 Å². The molecule has 1 atom stereocenters. The Labute approximate surface area is 183 Å². The molecule has 4 nitrogen and oxygen atoms in total. The highest BCUT2D eigenvalue weighted by molar-refractivity contribution is 6.02. The van der Waals surface area contributed by atoms with Crippen molar-refractivity contribution in [2.75, 3.05) is 20.1 Å². The number of fused-ring (bicyclic) bond motifs is 4. The Morgan fingerprint density at radius 1 is 0.806 bits per heavy atom. The molecule has 0 aromatic heterocycles. The van der Waals surface area contributed by atoms with Crippen molar-refractivity contribution in [2.24, 2.45) is 5.10 Å². The molecule has 0 N–H and O–H groups in total. The van der Waals surface area contributed by atoms with Gasteiger partial charge in [0.2, 0.25) is 5.72 Å². The average Bonchev–Trinajstić information content (AvgIpc) is 3.29. The summed E-state index contributed by atoms with van der Waals surface area (Å²) in [5.41, 5.74) is 5.76. The van der Waals surface area contributed by atoms with Gasteiger partial charge in [-0.1, -0.05) is 72.8 Å². The summed E-state index contributed by atoms with van der Waals surface area (Å²) in [5.74, 6) is 1.03. The second-order valence-electron chi connectivity index (χ2n) is 8.94. The molecule has 1 unspecified atom stereocenters. The maximum atomic E-state index is 6.68. The van der Waals surface area contributed by atoms with E-state index in [0.29, 0.717) is 0 Å². The van der Waals surface area contributed by atoms with Crippen LogP contribution in [0.4, 0.5) is 0 Å². The van der Waals surface area contributed by atoms with Crippen LogP contribution in [-0.2, 0) is 0 Å². The molecular formula is C27H27N3O. The summed E-state index contributed by atoms with van der Waals surface area (Å²) in [6.45, 7) is 2.06. The maximum Gasteiger partial charge on any atom is 0.200 e. The second kappa shape index (κ2) is 7.24. The van der Waals surface area contributed by atoms with Gasteiger partial charge in [-0.3, -0.25) is 0 Å². The van der Waals surface area contributed by atoms with Gasteiger partial charge in [0.1, 0.15) is 5.75 Å². The van der Waals surface area contributed by atoms with Gasteiger partial charge in [-0.05, 0) is 29.8 Å².